The highest BCUT2D eigenvalue weighted by Gasteiger charge is 2.21. The van der Waals surface area contributed by atoms with Crippen molar-refractivity contribution in [2.45, 2.75) is 45.9 Å². The lowest BCUT2D eigenvalue weighted by atomic mass is 10.2. The van der Waals surface area contributed by atoms with Crippen molar-refractivity contribution in [1.82, 2.24) is 14.7 Å². The van der Waals surface area contributed by atoms with Gasteiger partial charge in [0.2, 0.25) is 0 Å². The van der Waals surface area contributed by atoms with E-state index in [0.29, 0.717) is 12.2 Å². The van der Waals surface area contributed by atoms with Crippen LogP contribution in [0.1, 0.15) is 26.0 Å². The van der Waals surface area contributed by atoms with Crippen molar-refractivity contribution in [3.63, 3.8) is 0 Å². The SMILES string of the molecule is Cc1nn(CCCN2C[C@@H](C)O[C@@H](C)C2)cc1I. The smallest absolute Gasteiger partial charge is 0.0727 e. The number of nitrogens with zero attached hydrogens (tertiary/aromatic N) is 3. The van der Waals surface area contributed by atoms with Gasteiger partial charge in [0.25, 0.3) is 0 Å². The van der Waals surface area contributed by atoms with Crippen LogP contribution in [0.15, 0.2) is 6.20 Å². The Labute approximate surface area is 123 Å². The first-order valence-electron chi connectivity index (χ1n) is 6.62. The summed E-state index contributed by atoms with van der Waals surface area (Å²) in [7, 11) is 0. The van der Waals surface area contributed by atoms with Crippen LogP contribution >= 0.6 is 22.6 Å². The van der Waals surface area contributed by atoms with Gasteiger partial charge in [-0.3, -0.25) is 9.58 Å². The van der Waals surface area contributed by atoms with E-state index in [1.807, 2.05) is 0 Å². The van der Waals surface area contributed by atoms with E-state index in [9.17, 15) is 0 Å². The first kappa shape index (κ1) is 14.3. The van der Waals surface area contributed by atoms with Gasteiger partial charge in [-0.05, 0) is 49.8 Å². The van der Waals surface area contributed by atoms with Gasteiger partial charge < -0.3 is 4.74 Å². The van der Waals surface area contributed by atoms with Crippen LogP contribution in [0.3, 0.4) is 0 Å². The van der Waals surface area contributed by atoms with Gasteiger partial charge in [-0.15, -0.1) is 0 Å². The summed E-state index contributed by atoms with van der Waals surface area (Å²) in [5.41, 5.74) is 1.13. The van der Waals surface area contributed by atoms with E-state index in [2.05, 4.69) is 64.2 Å². The van der Waals surface area contributed by atoms with Gasteiger partial charge in [0.05, 0.1) is 21.5 Å². The Hall–Kier alpha value is -0.140. The molecule has 2 rings (SSSR count). The van der Waals surface area contributed by atoms with Crippen molar-refractivity contribution in [2.24, 2.45) is 0 Å². The minimum atomic E-state index is 0.363. The third-order valence-electron chi connectivity index (χ3n) is 3.24. The third kappa shape index (κ3) is 3.93. The van der Waals surface area contributed by atoms with E-state index in [1.165, 1.54) is 3.57 Å². The molecular formula is C13H22IN3O. The van der Waals surface area contributed by atoms with Crippen LogP contribution in [0.4, 0.5) is 0 Å². The van der Waals surface area contributed by atoms with Crippen LogP contribution < -0.4 is 0 Å². The van der Waals surface area contributed by atoms with Gasteiger partial charge in [-0.2, -0.15) is 5.10 Å². The first-order valence-corrected chi connectivity index (χ1v) is 7.70. The summed E-state index contributed by atoms with van der Waals surface area (Å²) in [6.45, 7) is 10.6. The number of aromatic nitrogens is 2. The number of halogens is 1. The van der Waals surface area contributed by atoms with Crippen LogP contribution in [-0.4, -0.2) is 46.5 Å². The van der Waals surface area contributed by atoms with Crippen molar-refractivity contribution >= 4 is 22.6 Å². The Balaban J connectivity index is 1.75. The van der Waals surface area contributed by atoms with Crippen molar-refractivity contribution < 1.29 is 4.74 Å². The number of ether oxygens (including phenoxy) is 1. The molecule has 1 aromatic heterocycles. The molecule has 1 aliphatic rings. The van der Waals surface area contributed by atoms with Gasteiger partial charge in [-0.1, -0.05) is 0 Å². The summed E-state index contributed by atoms with van der Waals surface area (Å²) in [6, 6.07) is 0. The molecule has 0 saturated carbocycles. The molecule has 0 aliphatic carbocycles. The standard InChI is InChI=1S/C13H22IN3O/c1-10-7-16(8-11(2)18-10)5-4-6-17-9-13(14)12(3)15-17/h9-11H,4-8H2,1-3H3/t10-,11+. The molecule has 1 aromatic rings. The highest BCUT2D eigenvalue weighted by molar-refractivity contribution is 14.1. The lowest BCUT2D eigenvalue weighted by Gasteiger charge is -2.35. The fourth-order valence-corrected chi connectivity index (χ4v) is 2.96. The fraction of sp³-hybridized carbons (Fsp3) is 0.769. The van der Waals surface area contributed by atoms with Gasteiger partial charge >= 0.3 is 0 Å². The Morgan fingerprint density at radius 2 is 2.00 bits per heavy atom. The maximum Gasteiger partial charge on any atom is 0.0727 e. The normalized spacial score (nSPS) is 25.6. The van der Waals surface area contributed by atoms with E-state index >= 15 is 0 Å². The summed E-state index contributed by atoms with van der Waals surface area (Å²) in [6.07, 6.45) is 4.00. The predicted molar refractivity (Wildman–Crippen MR) is 80.7 cm³/mol. The predicted octanol–water partition coefficient (Wildman–Crippen LogP) is 2.30. The second-order valence-corrected chi connectivity index (χ2v) is 6.36. The van der Waals surface area contributed by atoms with E-state index in [1.54, 1.807) is 0 Å². The lowest BCUT2D eigenvalue weighted by Crippen LogP contribution is -2.45. The molecule has 0 unspecified atom stereocenters. The zero-order valence-electron chi connectivity index (χ0n) is 11.4. The molecule has 1 saturated heterocycles. The molecule has 1 fully saturated rings. The van der Waals surface area contributed by atoms with E-state index in [4.69, 9.17) is 4.74 Å². The van der Waals surface area contributed by atoms with Crippen LogP contribution in [0, 0.1) is 10.5 Å². The van der Waals surface area contributed by atoms with Crippen LogP contribution in [0.5, 0.6) is 0 Å². The second kappa shape index (κ2) is 6.34. The summed E-state index contributed by atoms with van der Waals surface area (Å²) < 4.78 is 9.05. The molecule has 18 heavy (non-hydrogen) atoms. The van der Waals surface area contributed by atoms with Crippen LogP contribution in [-0.2, 0) is 11.3 Å². The second-order valence-electron chi connectivity index (χ2n) is 5.20. The zero-order valence-corrected chi connectivity index (χ0v) is 13.6. The number of hydrogen-bond donors (Lipinski definition) is 0. The molecule has 1 aliphatic heterocycles. The highest BCUT2D eigenvalue weighted by Crippen LogP contribution is 2.12. The Morgan fingerprint density at radius 1 is 1.33 bits per heavy atom. The topological polar surface area (TPSA) is 30.3 Å². The molecule has 5 heteroatoms. The van der Waals surface area contributed by atoms with Crippen LogP contribution in [0.25, 0.3) is 0 Å². The van der Waals surface area contributed by atoms with Crippen LogP contribution in [0.2, 0.25) is 0 Å². The summed E-state index contributed by atoms with van der Waals surface area (Å²) in [5.74, 6) is 0. The quantitative estimate of drug-likeness (QED) is 0.769. The number of aryl methyl sites for hydroxylation is 2. The molecule has 0 radical (unpaired) electrons. The molecule has 0 aromatic carbocycles. The van der Waals surface area contributed by atoms with Gasteiger partial charge in [0.1, 0.15) is 0 Å². The molecule has 0 spiro atoms. The lowest BCUT2D eigenvalue weighted by molar-refractivity contribution is -0.0683. The number of rotatable bonds is 4. The minimum Gasteiger partial charge on any atom is -0.373 e. The van der Waals surface area contributed by atoms with Crippen molar-refractivity contribution in [3.8, 4) is 0 Å². The first-order chi connectivity index (χ1) is 8.54. The fourth-order valence-electron chi connectivity index (χ4n) is 2.53. The average molecular weight is 363 g/mol. The van der Waals surface area contributed by atoms with E-state index in [-0.39, 0.29) is 0 Å². The van der Waals surface area contributed by atoms with E-state index < -0.39 is 0 Å². The molecule has 0 amide bonds. The summed E-state index contributed by atoms with van der Waals surface area (Å²) in [5, 5.41) is 4.49. The monoisotopic (exact) mass is 363 g/mol. The molecule has 0 N–H and O–H groups in total. The molecule has 2 atom stereocenters. The van der Waals surface area contributed by atoms with Gasteiger partial charge in [0, 0.05) is 32.4 Å². The van der Waals surface area contributed by atoms with Crippen molar-refractivity contribution in [1.29, 1.82) is 0 Å². The molecule has 102 valence electrons. The number of hydrogen-bond acceptors (Lipinski definition) is 3. The maximum absolute atomic E-state index is 5.74. The molecular weight excluding hydrogens is 341 g/mol. The van der Waals surface area contributed by atoms with E-state index in [0.717, 1.165) is 38.3 Å². The largest absolute Gasteiger partial charge is 0.373 e. The minimum absolute atomic E-state index is 0.363. The zero-order chi connectivity index (χ0) is 13.1. The van der Waals surface area contributed by atoms with Crippen molar-refractivity contribution in [2.75, 3.05) is 19.6 Å². The molecule has 0 bridgehead atoms. The highest BCUT2D eigenvalue weighted by atomic mass is 127. The molecule has 4 nitrogen and oxygen atoms in total. The summed E-state index contributed by atoms with van der Waals surface area (Å²) in [4.78, 5) is 2.50. The van der Waals surface area contributed by atoms with Gasteiger partial charge in [-0.25, -0.2) is 0 Å². The Bertz CT molecular complexity index is 364. The maximum atomic E-state index is 5.74. The number of morpholine rings is 1. The Morgan fingerprint density at radius 3 is 2.56 bits per heavy atom. The van der Waals surface area contributed by atoms with Crippen molar-refractivity contribution in [3.05, 3.63) is 15.5 Å². The average Bonchev–Trinajstić information content (AvgIpc) is 2.57. The third-order valence-corrected chi connectivity index (χ3v) is 4.30. The Kier molecular flexibility index (Phi) is 5.03. The van der Waals surface area contributed by atoms with Gasteiger partial charge in [0.15, 0.2) is 0 Å². The summed E-state index contributed by atoms with van der Waals surface area (Å²) >= 11 is 2.34. The molecule has 2 heterocycles.